The Bertz CT molecular complexity index is 1970. The van der Waals surface area contributed by atoms with E-state index in [2.05, 4.69) is 50.4 Å². The number of aryl methyl sites for hydroxylation is 1. The highest BCUT2D eigenvalue weighted by Gasteiger charge is 2.27. The monoisotopic (exact) mass is 716 g/mol. The lowest BCUT2D eigenvalue weighted by atomic mass is 10.1. The quantitative estimate of drug-likeness (QED) is 0.0195. The largest absolute Gasteiger partial charge is 0.663 e. The molecule has 0 saturated heterocycles. The number of hydrogen-bond acceptors (Lipinski definition) is 11. The molecule has 3 aromatic carbocycles. The molecule has 0 radical (unpaired) electrons. The van der Waals surface area contributed by atoms with Crippen molar-refractivity contribution in [3.8, 4) is 11.5 Å². The van der Waals surface area contributed by atoms with Crippen LogP contribution in [0.15, 0.2) is 125 Å². The number of allylic oxidation sites excluding steroid dienone is 4. The van der Waals surface area contributed by atoms with Crippen LogP contribution in [-0.4, -0.2) is 40.2 Å². The van der Waals surface area contributed by atoms with Crippen LogP contribution < -0.4 is 29.1 Å². The van der Waals surface area contributed by atoms with E-state index in [1.807, 2.05) is 90.7 Å². The molecule has 0 amide bonds. The van der Waals surface area contributed by atoms with Crippen molar-refractivity contribution in [1.82, 2.24) is 5.48 Å². The van der Waals surface area contributed by atoms with Gasteiger partial charge in [0, 0.05) is 38.2 Å². The average molecular weight is 717 g/mol. The molecule has 0 atom stereocenters. The number of fused-ring (bicyclic) bond motifs is 2. The van der Waals surface area contributed by atoms with E-state index in [-0.39, 0.29) is 5.75 Å². The zero-order valence-electron chi connectivity index (χ0n) is 27.9. The molecule has 50 heavy (non-hydrogen) atoms. The van der Waals surface area contributed by atoms with Crippen molar-refractivity contribution >= 4 is 51.2 Å². The second kappa shape index (κ2) is 18.4. The van der Waals surface area contributed by atoms with Gasteiger partial charge in [0.05, 0.1) is 33.8 Å². The summed E-state index contributed by atoms with van der Waals surface area (Å²) in [5.41, 5.74) is 6.42. The first-order valence-electron chi connectivity index (χ1n) is 16.2. The van der Waals surface area contributed by atoms with Gasteiger partial charge in [-0.25, -0.2) is 0 Å². The van der Waals surface area contributed by atoms with Crippen LogP contribution in [0.1, 0.15) is 32.3 Å². The Kier molecular flexibility index (Phi) is 13.5. The van der Waals surface area contributed by atoms with Crippen molar-refractivity contribution in [2.24, 2.45) is 4.99 Å². The summed E-state index contributed by atoms with van der Waals surface area (Å²) in [6, 6.07) is 25.7. The number of para-hydroxylation sites is 2. The van der Waals surface area contributed by atoms with Gasteiger partial charge < -0.3 is 24.0 Å². The Hall–Kier alpha value is -4.66. The second-order valence-corrected chi connectivity index (χ2v) is 13.7. The third-order valence-electron chi connectivity index (χ3n) is 7.56. The van der Waals surface area contributed by atoms with Gasteiger partial charge in [-0.15, -0.1) is 0 Å². The normalized spacial score (nSPS) is 14.2. The van der Waals surface area contributed by atoms with E-state index in [1.54, 1.807) is 6.92 Å². The molecule has 1 aliphatic heterocycles. The summed E-state index contributed by atoms with van der Waals surface area (Å²) in [7, 11) is -3.72. The fourth-order valence-electron chi connectivity index (χ4n) is 5.20. The van der Waals surface area contributed by atoms with Crippen LogP contribution in [0.2, 0.25) is 0 Å². The number of anilines is 1. The lowest BCUT2D eigenvalue weighted by Crippen LogP contribution is -2.34. The van der Waals surface area contributed by atoms with Gasteiger partial charge in [0.1, 0.15) is 5.75 Å². The number of ether oxygens (including phenoxy) is 1. The highest BCUT2D eigenvalue weighted by atomic mass is 32.2. The van der Waals surface area contributed by atoms with E-state index in [0.717, 1.165) is 57.7 Å². The van der Waals surface area contributed by atoms with Crippen molar-refractivity contribution in [3.05, 3.63) is 120 Å². The molecule has 0 spiro atoms. The van der Waals surface area contributed by atoms with Gasteiger partial charge in [-0.1, -0.05) is 61.1 Å². The molecule has 11 nitrogen and oxygen atoms in total. The van der Waals surface area contributed by atoms with Crippen LogP contribution >= 0.6 is 12.0 Å². The Morgan fingerprint density at radius 3 is 2.72 bits per heavy atom. The van der Waals surface area contributed by atoms with E-state index >= 15 is 0 Å². The number of hydroxylamine groups is 1. The maximum atomic E-state index is 12.3. The van der Waals surface area contributed by atoms with Gasteiger partial charge >= 0.3 is 0 Å². The molecule has 0 saturated carbocycles. The lowest BCUT2D eigenvalue weighted by molar-refractivity contribution is -0.671. The first-order valence-corrected chi connectivity index (χ1v) is 18.6. The zero-order valence-corrected chi connectivity index (χ0v) is 29.6. The number of pyridine rings is 1. The van der Waals surface area contributed by atoms with E-state index in [4.69, 9.17) is 13.2 Å². The fraction of sp³-hybridized carbons (Fsp3) is 0.243. The molecule has 262 valence electrons. The van der Waals surface area contributed by atoms with Crippen LogP contribution in [-0.2, 0) is 25.8 Å². The maximum Gasteiger partial charge on any atom is 0.283 e. The Balaban J connectivity index is 1.32. The molecule has 0 bridgehead atoms. The zero-order chi connectivity index (χ0) is 35.2. The average Bonchev–Trinajstić information content (AvgIpc) is 3.48. The number of nitrogens with one attached hydrogen (secondary N) is 1. The number of hydrogen-bond donors (Lipinski definition) is 1. The summed E-state index contributed by atoms with van der Waals surface area (Å²) in [4.78, 5) is 10.4. The third kappa shape index (κ3) is 10.4. The molecular formula is C37H40N4O7S2. The van der Waals surface area contributed by atoms with E-state index in [1.165, 1.54) is 12.0 Å². The SMILES string of the molecule is CCNOS(=O)(=O)CCCN1/C(=C/C=C(C)/C=C/c2cc[n+](CCCN=CO[O-])c3ccccc23)Oc2cc(SOc3ccccc3)ccc21. The van der Waals surface area contributed by atoms with Gasteiger partial charge in [0.2, 0.25) is 11.4 Å². The summed E-state index contributed by atoms with van der Waals surface area (Å²) >= 11 is 1.24. The van der Waals surface area contributed by atoms with Crippen LogP contribution in [0.5, 0.6) is 11.5 Å². The smallest absolute Gasteiger partial charge is 0.283 e. The number of benzene rings is 3. The van der Waals surface area contributed by atoms with Crippen LogP contribution in [0.4, 0.5) is 5.69 Å². The molecule has 0 unspecified atom stereocenters. The van der Waals surface area contributed by atoms with Gasteiger partial charge in [-0.05, 0) is 61.4 Å². The minimum absolute atomic E-state index is 0.148. The van der Waals surface area contributed by atoms with Gasteiger partial charge in [-0.2, -0.15) is 22.7 Å². The Morgan fingerprint density at radius 2 is 1.90 bits per heavy atom. The van der Waals surface area contributed by atoms with E-state index in [0.29, 0.717) is 37.7 Å². The fourth-order valence-corrected chi connectivity index (χ4v) is 6.64. The molecule has 1 aliphatic rings. The molecule has 5 rings (SSSR count). The molecule has 4 aromatic rings. The summed E-state index contributed by atoms with van der Waals surface area (Å²) < 4.78 is 43.8. The topological polar surface area (TPSA) is 126 Å². The predicted molar refractivity (Wildman–Crippen MR) is 195 cm³/mol. The second-order valence-electron chi connectivity index (χ2n) is 11.3. The van der Waals surface area contributed by atoms with Crippen LogP contribution in [0.3, 0.4) is 0 Å². The Morgan fingerprint density at radius 1 is 1.08 bits per heavy atom. The van der Waals surface area contributed by atoms with Gasteiger partial charge in [0.25, 0.3) is 10.1 Å². The highest BCUT2D eigenvalue weighted by Crippen LogP contribution is 2.42. The number of aliphatic imine (C=N–C) groups is 1. The minimum Gasteiger partial charge on any atom is -0.663 e. The molecule has 1 aromatic heterocycles. The molecule has 1 N–H and O–H groups in total. The summed E-state index contributed by atoms with van der Waals surface area (Å²) in [6.07, 6.45) is 12.1. The van der Waals surface area contributed by atoms with Crippen molar-refractivity contribution in [1.29, 1.82) is 0 Å². The summed E-state index contributed by atoms with van der Waals surface area (Å²) in [5, 5.41) is 11.2. The lowest BCUT2D eigenvalue weighted by Gasteiger charge is -2.18. The summed E-state index contributed by atoms with van der Waals surface area (Å²) in [5.74, 6) is 1.83. The van der Waals surface area contributed by atoms with Crippen LogP contribution in [0, 0.1) is 0 Å². The highest BCUT2D eigenvalue weighted by molar-refractivity contribution is 7.95. The molecular weight excluding hydrogens is 677 g/mol. The van der Waals surface area contributed by atoms with Crippen molar-refractivity contribution in [2.45, 2.75) is 38.1 Å². The van der Waals surface area contributed by atoms with Crippen molar-refractivity contribution in [2.75, 3.05) is 30.3 Å². The number of nitrogens with zero attached hydrogens (tertiary/aromatic N) is 3. The molecule has 0 fully saturated rings. The first kappa shape index (κ1) is 36.6. The van der Waals surface area contributed by atoms with Crippen LogP contribution in [0.25, 0.3) is 17.0 Å². The minimum atomic E-state index is -3.72. The number of aromatic nitrogens is 1. The first-order chi connectivity index (χ1) is 24.4. The van der Waals surface area contributed by atoms with Gasteiger partial charge in [-0.3, -0.25) is 4.99 Å². The molecule has 2 heterocycles. The van der Waals surface area contributed by atoms with Crippen molar-refractivity contribution in [3.63, 3.8) is 0 Å². The summed E-state index contributed by atoms with van der Waals surface area (Å²) in [6.45, 7) is 5.81. The number of rotatable bonds is 18. The van der Waals surface area contributed by atoms with Crippen molar-refractivity contribution < 1.29 is 36.3 Å². The Labute approximate surface area is 297 Å². The van der Waals surface area contributed by atoms with Gasteiger partial charge in [0.15, 0.2) is 24.9 Å². The standard InChI is InChI=1S/C37H40N4O7S2/c1-3-39-48-50(43,44)26-10-24-41-35-19-18-32(49-47-31-11-5-4-6-12-31)27-36(35)46-37(41)20-16-29(2)15-17-30-21-25-40(23-9-22-38-28-45-42)34-14-8-7-13-33(30)34/h4-8,11-21,25,27-28,39H,3,9-10,22-24,26H2,1-2H3. The molecule has 0 aliphatic carbocycles. The third-order valence-corrected chi connectivity index (χ3v) is 9.45. The predicted octanol–water partition coefficient (Wildman–Crippen LogP) is 5.88. The maximum absolute atomic E-state index is 12.3. The van der Waals surface area contributed by atoms with E-state index in [9.17, 15) is 13.7 Å². The molecule has 13 heteroatoms. The van der Waals surface area contributed by atoms with E-state index < -0.39 is 10.1 Å².